The van der Waals surface area contributed by atoms with E-state index < -0.39 is 22.0 Å². The molecule has 210 valence electrons. The standard InChI is InChI=1S/C30H33N3O6S/c1-3-31-29(35)26(20-22-11-5-4-6-12-22)32(21-23-13-9-14-24(19-23)39-2)28(34)17-10-18-33-30(36)25-15-7-8-16-27(25)40(33,37)38/h4-9,11-16,19,26H,3,10,17-18,20-21H2,1-2H3,(H,31,35). The second-order valence-corrected chi connectivity index (χ2v) is 11.3. The van der Waals surface area contributed by atoms with Gasteiger partial charge in [-0.05, 0) is 48.7 Å². The summed E-state index contributed by atoms with van der Waals surface area (Å²) in [4.78, 5) is 41.3. The minimum absolute atomic E-state index is 0.0230. The molecule has 0 bridgehead atoms. The predicted octanol–water partition coefficient (Wildman–Crippen LogP) is 3.40. The largest absolute Gasteiger partial charge is 0.497 e. The van der Waals surface area contributed by atoms with E-state index in [1.54, 1.807) is 25.3 Å². The van der Waals surface area contributed by atoms with Crippen LogP contribution >= 0.6 is 0 Å². The Balaban J connectivity index is 1.56. The monoisotopic (exact) mass is 563 g/mol. The number of nitrogens with zero attached hydrogens (tertiary/aromatic N) is 2. The number of carbonyl (C=O) groups excluding carboxylic acids is 3. The predicted molar refractivity (Wildman–Crippen MR) is 150 cm³/mol. The van der Waals surface area contributed by atoms with E-state index in [-0.39, 0.29) is 48.2 Å². The summed E-state index contributed by atoms with van der Waals surface area (Å²) in [6.07, 6.45) is 0.362. The van der Waals surface area contributed by atoms with Crippen LogP contribution in [0, 0.1) is 0 Å². The summed E-state index contributed by atoms with van der Waals surface area (Å²) >= 11 is 0. The fraction of sp³-hybridized carbons (Fsp3) is 0.300. The van der Waals surface area contributed by atoms with Gasteiger partial charge in [-0.25, -0.2) is 12.7 Å². The average Bonchev–Trinajstić information content (AvgIpc) is 3.16. The first kappa shape index (κ1) is 28.8. The molecule has 1 aliphatic rings. The number of methoxy groups -OCH3 is 1. The highest BCUT2D eigenvalue weighted by Crippen LogP contribution is 2.30. The molecular weight excluding hydrogens is 530 g/mol. The maximum absolute atomic E-state index is 13.7. The number of hydrogen-bond donors (Lipinski definition) is 1. The third-order valence-corrected chi connectivity index (χ3v) is 8.61. The van der Waals surface area contributed by atoms with E-state index in [9.17, 15) is 22.8 Å². The summed E-state index contributed by atoms with van der Waals surface area (Å²) in [6, 6.07) is 22.0. The van der Waals surface area contributed by atoms with Gasteiger partial charge in [0.15, 0.2) is 0 Å². The van der Waals surface area contributed by atoms with Crippen LogP contribution in [0.2, 0.25) is 0 Å². The van der Waals surface area contributed by atoms with Gasteiger partial charge >= 0.3 is 0 Å². The summed E-state index contributed by atoms with van der Waals surface area (Å²) in [5.41, 5.74) is 1.81. The lowest BCUT2D eigenvalue weighted by molar-refractivity contribution is -0.141. The zero-order chi connectivity index (χ0) is 28.7. The van der Waals surface area contributed by atoms with Crippen molar-refractivity contribution in [1.29, 1.82) is 0 Å². The van der Waals surface area contributed by atoms with Crippen molar-refractivity contribution in [3.05, 3.63) is 95.6 Å². The molecule has 1 unspecified atom stereocenters. The van der Waals surface area contributed by atoms with Crippen LogP contribution in [-0.4, -0.2) is 61.6 Å². The van der Waals surface area contributed by atoms with E-state index in [1.165, 1.54) is 17.0 Å². The summed E-state index contributed by atoms with van der Waals surface area (Å²) in [5, 5.41) is 2.85. The average molecular weight is 564 g/mol. The molecule has 1 N–H and O–H groups in total. The fourth-order valence-electron chi connectivity index (χ4n) is 4.78. The van der Waals surface area contributed by atoms with Crippen molar-refractivity contribution in [2.45, 2.75) is 43.7 Å². The number of ether oxygens (including phenoxy) is 1. The van der Waals surface area contributed by atoms with Crippen LogP contribution in [0.15, 0.2) is 83.8 Å². The molecule has 1 atom stereocenters. The third kappa shape index (κ3) is 6.34. The molecule has 0 spiro atoms. The lowest BCUT2D eigenvalue weighted by Crippen LogP contribution is -2.50. The molecule has 0 aromatic heterocycles. The number of benzene rings is 3. The SMILES string of the molecule is CCNC(=O)C(Cc1ccccc1)N(Cc1cccc(OC)c1)C(=O)CCCN1C(=O)c2ccccc2S1(=O)=O. The summed E-state index contributed by atoms with van der Waals surface area (Å²) < 4.78 is 32.0. The smallest absolute Gasteiger partial charge is 0.269 e. The summed E-state index contributed by atoms with van der Waals surface area (Å²) in [6.45, 7) is 2.23. The quantitative estimate of drug-likeness (QED) is 0.362. The van der Waals surface area contributed by atoms with Gasteiger partial charge in [0, 0.05) is 32.5 Å². The van der Waals surface area contributed by atoms with E-state index in [4.69, 9.17) is 4.74 Å². The van der Waals surface area contributed by atoms with Crippen molar-refractivity contribution in [3.63, 3.8) is 0 Å². The van der Waals surface area contributed by atoms with Crippen LogP contribution in [-0.2, 0) is 32.6 Å². The molecule has 1 heterocycles. The molecule has 0 saturated heterocycles. The molecule has 40 heavy (non-hydrogen) atoms. The van der Waals surface area contributed by atoms with Crippen molar-refractivity contribution in [2.24, 2.45) is 0 Å². The van der Waals surface area contributed by atoms with E-state index in [0.29, 0.717) is 18.7 Å². The second kappa shape index (κ2) is 12.8. The van der Waals surface area contributed by atoms with Crippen LogP contribution in [0.4, 0.5) is 0 Å². The Labute approximate surface area is 234 Å². The van der Waals surface area contributed by atoms with Gasteiger partial charge in [-0.1, -0.05) is 54.6 Å². The minimum Gasteiger partial charge on any atom is -0.497 e. The normalized spacial score (nSPS) is 14.3. The van der Waals surface area contributed by atoms with Gasteiger partial charge in [0.05, 0.1) is 12.7 Å². The molecule has 0 fully saturated rings. The van der Waals surface area contributed by atoms with E-state index >= 15 is 0 Å². The van der Waals surface area contributed by atoms with Crippen LogP contribution in [0.5, 0.6) is 5.75 Å². The Kier molecular flexibility index (Phi) is 9.21. The highest BCUT2D eigenvalue weighted by atomic mass is 32.2. The van der Waals surface area contributed by atoms with Crippen molar-refractivity contribution < 1.29 is 27.5 Å². The van der Waals surface area contributed by atoms with Gasteiger partial charge in [-0.3, -0.25) is 14.4 Å². The topological polar surface area (TPSA) is 113 Å². The van der Waals surface area contributed by atoms with Crippen molar-refractivity contribution in [1.82, 2.24) is 14.5 Å². The summed E-state index contributed by atoms with van der Waals surface area (Å²) in [5.74, 6) is -0.577. The Hall–Kier alpha value is -4.18. The first-order valence-corrected chi connectivity index (χ1v) is 14.6. The molecule has 9 nitrogen and oxygen atoms in total. The molecule has 4 rings (SSSR count). The van der Waals surface area contributed by atoms with Gasteiger partial charge < -0.3 is 15.0 Å². The first-order valence-electron chi connectivity index (χ1n) is 13.2. The van der Waals surface area contributed by atoms with Gasteiger partial charge in [-0.2, -0.15) is 0 Å². The molecule has 3 amide bonds. The van der Waals surface area contributed by atoms with Crippen LogP contribution in [0.1, 0.15) is 41.3 Å². The number of amides is 3. The lowest BCUT2D eigenvalue weighted by Gasteiger charge is -2.32. The Morgan fingerprint density at radius 2 is 1.68 bits per heavy atom. The van der Waals surface area contributed by atoms with E-state index in [1.807, 2.05) is 55.5 Å². The second-order valence-electron chi connectivity index (χ2n) is 9.46. The van der Waals surface area contributed by atoms with Gasteiger partial charge in [0.2, 0.25) is 11.8 Å². The van der Waals surface area contributed by atoms with Gasteiger partial charge in [0.1, 0.15) is 16.7 Å². The highest BCUT2D eigenvalue weighted by molar-refractivity contribution is 7.90. The Bertz CT molecular complexity index is 1480. The minimum atomic E-state index is -3.97. The molecule has 0 saturated carbocycles. The number of likely N-dealkylation sites (N-methyl/N-ethyl adjacent to an activating group) is 1. The fourth-order valence-corrected chi connectivity index (χ4v) is 6.39. The number of fused-ring (bicyclic) bond motifs is 1. The maximum Gasteiger partial charge on any atom is 0.269 e. The Morgan fingerprint density at radius 3 is 2.38 bits per heavy atom. The molecule has 3 aromatic rings. The molecule has 0 radical (unpaired) electrons. The van der Waals surface area contributed by atoms with Gasteiger partial charge in [0.25, 0.3) is 15.9 Å². The molecular formula is C30H33N3O6S. The van der Waals surface area contributed by atoms with Crippen molar-refractivity contribution >= 4 is 27.7 Å². The molecule has 1 aliphatic heterocycles. The van der Waals surface area contributed by atoms with Crippen LogP contribution in [0.3, 0.4) is 0 Å². The maximum atomic E-state index is 13.7. The zero-order valence-electron chi connectivity index (χ0n) is 22.6. The third-order valence-electron chi connectivity index (χ3n) is 6.77. The number of hydrogen-bond acceptors (Lipinski definition) is 6. The van der Waals surface area contributed by atoms with Crippen LogP contribution < -0.4 is 10.1 Å². The van der Waals surface area contributed by atoms with Gasteiger partial charge in [-0.15, -0.1) is 0 Å². The molecule has 10 heteroatoms. The molecule has 0 aliphatic carbocycles. The molecule has 3 aromatic carbocycles. The number of nitrogens with one attached hydrogen (secondary N) is 1. The number of carbonyl (C=O) groups is 3. The number of sulfonamides is 1. The van der Waals surface area contributed by atoms with E-state index in [0.717, 1.165) is 15.4 Å². The highest BCUT2D eigenvalue weighted by Gasteiger charge is 2.40. The lowest BCUT2D eigenvalue weighted by atomic mass is 10.0. The first-order chi connectivity index (χ1) is 19.3. The van der Waals surface area contributed by atoms with E-state index in [2.05, 4.69) is 5.32 Å². The van der Waals surface area contributed by atoms with Crippen molar-refractivity contribution in [3.8, 4) is 5.75 Å². The summed E-state index contributed by atoms with van der Waals surface area (Å²) in [7, 11) is -2.41. The van der Waals surface area contributed by atoms with Crippen LogP contribution in [0.25, 0.3) is 0 Å². The number of rotatable bonds is 12. The Morgan fingerprint density at radius 1 is 0.975 bits per heavy atom. The van der Waals surface area contributed by atoms with Crippen molar-refractivity contribution in [2.75, 3.05) is 20.2 Å². The zero-order valence-corrected chi connectivity index (χ0v) is 23.4.